The molecule has 16 heavy (non-hydrogen) atoms. The van der Waals surface area contributed by atoms with Gasteiger partial charge in [0.15, 0.2) is 0 Å². The number of thiophene rings is 1. The first-order chi connectivity index (χ1) is 7.86. The lowest BCUT2D eigenvalue weighted by atomic mass is 10.4. The van der Waals surface area contributed by atoms with Gasteiger partial charge in [-0.2, -0.15) is 0 Å². The Kier molecular flexibility index (Phi) is 9.34. The van der Waals surface area contributed by atoms with Crippen molar-refractivity contribution in [2.45, 2.75) is 34.6 Å². The summed E-state index contributed by atoms with van der Waals surface area (Å²) in [5.74, 6) is 0. The van der Waals surface area contributed by atoms with Crippen LogP contribution in [0.25, 0.3) is 0 Å². The summed E-state index contributed by atoms with van der Waals surface area (Å²) in [7, 11) is 0. The van der Waals surface area contributed by atoms with E-state index in [0.29, 0.717) is 0 Å². The molecule has 94 valence electrons. The minimum atomic E-state index is 0.872. The lowest BCUT2D eigenvalue weighted by Gasteiger charge is -2.27. The van der Waals surface area contributed by atoms with Crippen molar-refractivity contribution in [1.29, 1.82) is 0 Å². The number of ether oxygens (including phenoxy) is 1. The van der Waals surface area contributed by atoms with Crippen molar-refractivity contribution < 1.29 is 4.74 Å². The highest BCUT2D eigenvalue weighted by atomic mass is 32.1. The second-order valence-electron chi connectivity index (χ2n) is 2.98. The topological polar surface area (TPSA) is 12.5 Å². The van der Waals surface area contributed by atoms with E-state index in [9.17, 15) is 0 Å². The third-order valence-electron chi connectivity index (χ3n) is 2.05. The molecule has 2 nitrogen and oxygen atoms in total. The number of hydrogen-bond acceptors (Lipinski definition) is 3. The van der Waals surface area contributed by atoms with Gasteiger partial charge in [-0.3, -0.25) is 0 Å². The van der Waals surface area contributed by atoms with Gasteiger partial charge in [0.1, 0.15) is 0 Å². The van der Waals surface area contributed by atoms with E-state index in [4.69, 9.17) is 4.74 Å². The molecule has 2 rings (SSSR count). The van der Waals surface area contributed by atoms with Crippen molar-refractivity contribution in [3.8, 4) is 0 Å². The summed E-state index contributed by atoms with van der Waals surface area (Å²) in [6, 6.07) is 4.38. The van der Waals surface area contributed by atoms with E-state index >= 15 is 0 Å². The lowest BCUT2D eigenvalue weighted by molar-refractivity contribution is 0.123. The molecule has 0 bridgehead atoms. The zero-order valence-corrected chi connectivity index (χ0v) is 12.1. The minimum absolute atomic E-state index is 0.872. The maximum absolute atomic E-state index is 5.29. The quantitative estimate of drug-likeness (QED) is 0.740. The minimum Gasteiger partial charge on any atom is -0.378 e. The van der Waals surface area contributed by atoms with Gasteiger partial charge in [0, 0.05) is 18.0 Å². The zero-order chi connectivity index (χ0) is 12.4. The molecule has 0 aliphatic carbocycles. The second-order valence-corrected chi connectivity index (χ2v) is 4.25. The predicted octanol–water partition coefficient (Wildman–Crippen LogP) is 3.95. The zero-order valence-electron chi connectivity index (χ0n) is 11.2. The Morgan fingerprint density at radius 3 is 2.06 bits per heavy atom. The normalized spacial score (nSPS) is 14.4. The summed E-state index contributed by atoms with van der Waals surface area (Å²) in [4.78, 5) is 3.78. The van der Waals surface area contributed by atoms with Crippen LogP contribution in [0.3, 0.4) is 0 Å². The summed E-state index contributed by atoms with van der Waals surface area (Å²) in [5, 5.41) is 1.39. The van der Waals surface area contributed by atoms with E-state index < -0.39 is 0 Å². The highest BCUT2D eigenvalue weighted by Crippen LogP contribution is 2.25. The number of rotatable bonds is 1. The van der Waals surface area contributed by atoms with Gasteiger partial charge in [0.05, 0.1) is 18.2 Å². The molecule has 3 heteroatoms. The van der Waals surface area contributed by atoms with Gasteiger partial charge in [-0.25, -0.2) is 0 Å². The largest absolute Gasteiger partial charge is 0.378 e. The third kappa shape index (κ3) is 4.99. The molecule has 0 amide bonds. The molecule has 0 atom stereocenters. The highest BCUT2D eigenvalue weighted by Gasteiger charge is 2.11. The van der Waals surface area contributed by atoms with E-state index in [1.54, 1.807) is 0 Å². The molecule has 1 saturated heterocycles. The molecular formula is C13H25NOS. The van der Waals surface area contributed by atoms with Crippen molar-refractivity contribution in [3.05, 3.63) is 17.0 Å². The fourth-order valence-electron chi connectivity index (χ4n) is 1.38. The van der Waals surface area contributed by atoms with E-state index in [0.717, 1.165) is 26.3 Å². The fraction of sp³-hybridized carbons (Fsp3) is 0.692. The molecule has 0 saturated carbocycles. The van der Waals surface area contributed by atoms with Crippen molar-refractivity contribution in [2.24, 2.45) is 0 Å². The molecule has 0 radical (unpaired) electrons. The van der Waals surface area contributed by atoms with E-state index in [-0.39, 0.29) is 0 Å². The van der Waals surface area contributed by atoms with Crippen molar-refractivity contribution in [2.75, 3.05) is 31.2 Å². The van der Waals surface area contributed by atoms with Crippen LogP contribution in [0.4, 0.5) is 5.00 Å². The Morgan fingerprint density at radius 2 is 1.62 bits per heavy atom. The van der Waals surface area contributed by atoms with Gasteiger partial charge in [-0.05, 0) is 19.1 Å². The Bertz CT molecular complexity index is 254. The van der Waals surface area contributed by atoms with Gasteiger partial charge in [0.25, 0.3) is 0 Å². The second kappa shape index (κ2) is 9.67. The smallest absolute Gasteiger partial charge is 0.0912 e. The molecule has 0 N–H and O–H groups in total. The van der Waals surface area contributed by atoms with E-state index in [2.05, 4.69) is 24.0 Å². The lowest BCUT2D eigenvalue weighted by Crippen LogP contribution is -2.35. The molecule has 0 unspecified atom stereocenters. The average molecular weight is 243 g/mol. The molecule has 0 aromatic carbocycles. The van der Waals surface area contributed by atoms with Crippen molar-refractivity contribution in [3.63, 3.8) is 0 Å². The number of hydrogen-bond donors (Lipinski definition) is 0. The van der Waals surface area contributed by atoms with Crippen LogP contribution < -0.4 is 4.90 Å². The maximum atomic E-state index is 5.29. The van der Waals surface area contributed by atoms with Crippen LogP contribution in [0.1, 0.15) is 32.6 Å². The molecule has 1 fully saturated rings. The first-order valence-corrected chi connectivity index (χ1v) is 7.07. The molecular weight excluding hydrogens is 218 g/mol. The van der Waals surface area contributed by atoms with E-state index in [1.807, 2.05) is 39.0 Å². The molecule has 1 aromatic rings. The van der Waals surface area contributed by atoms with Crippen LogP contribution >= 0.6 is 11.3 Å². The van der Waals surface area contributed by atoms with Crippen LogP contribution in [0, 0.1) is 6.92 Å². The molecule has 2 heterocycles. The van der Waals surface area contributed by atoms with Crippen LogP contribution in [0.15, 0.2) is 12.1 Å². The Balaban J connectivity index is 0.000000509. The van der Waals surface area contributed by atoms with Crippen molar-refractivity contribution in [1.82, 2.24) is 0 Å². The number of nitrogens with zero attached hydrogens (tertiary/aromatic N) is 1. The van der Waals surface area contributed by atoms with Crippen LogP contribution in [0.2, 0.25) is 0 Å². The van der Waals surface area contributed by atoms with Crippen LogP contribution in [0.5, 0.6) is 0 Å². The molecule has 0 spiro atoms. The number of aryl methyl sites for hydroxylation is 1. The maximum Gasteiger partial charge on any atom is 0.0912 e. The summed E-state index contributed by atoms with van der Waals surface area (Å²) < 4.78 is 5.29. The molecule has 1 aromatic heterocycles. The monoisotopic (exact) mass is 243 g/mol. The highest BCUT2D eigenvalue weighted by molar-refractivity contribution is 7.16. The number of morpholine rings is 1. The average Bonchev–Trinajstić information content (AvgIpc) is 2.82. The molecule has 1 aliphatic rings. The first-order valence-electron chi connectivity index (χ1n) is 6.25. The number of anilines is 1. The molecule has 1 aliphatic heterocycles. The Labute approximate surface area is 104 Å². The van der Waals surface area contributed by atoms with Gasteiger partial charge in [-0.15, -0.1) is 11.3 Å². The summed E-state index contributed by atoms with van der Waals surface area (Å²) in [5.41, 5.74) is 0. The van der Waals surface area contributed by atoms with Crippen LogP contribution in [-0.2, 0) is 4.74 Å². The standard InChI is InChI=1S/C9H13NOS.2C2H6/c1-8-2-3-9(12-8)10-4-6-11-7-5-10;2*1-2/h2-3H,4-7H2,1H3;2*1-2H3. The van der Waals surface area contributed by atoms with Crippen molar-refractivity contribution >= 4 is 16.3 Å². The predicted molar refractivity (Wildman–Crippen MR) is 74.8 cm³/mol. The SMILES string of the molecule is CC.CC.Cc1ccc(N2CCOCC2)s1. The summed E-state index contributed by atoms with van der Waals surface area (Å²) in [6.45, 7) is 14.0. The van der Waals surface area contributed by atoms with Crippen LogP contribution in [-0.4, -0.2) is 26.3 Å². The van der Waals surface area contributed by atoms with Gasteiger partial charge in [0.2, 0.25) is 0 Å². The third-order valence-corrected chi connectivity index (χ3v) is 3.11. The Hall–Kier alpha value is -0.540. The fourth-order valence-corrected chi connectivity index (χ4v) is 2.29. The van der Waals surface area contributed by atoms with E-state index in [1.165, 1.54) is 9.88 Å². The first kappa shape index (κ1) is 15.5. The Morgan fingerprint density at radius 1 is 1.06 bits per heavy atom. The summed E-state index contributed by atoms with van der Waals surface area (Å²) in [6.07, 6.45) is 0. The van der Waals surface area contributed by atoms with Gasteiger partial charge in [-0.1, -0.05) is 27.7 Å². The van der Waals surface area contributed by atoms with Gasteiger partial charge >= 0.3 is 0 Å². The van der Waals surface area contributed by atoms with Gasteiger partial charge < -0.3 is 9.64 Å². The summed E-state index contributed by atoms with van der Waals surface area (Å²) >= 11 is 1.86.